The fourth-order valence-electron chi connectivity index (χ4n) is 2.34. The molecule has 0 saturated heterocycles. The Hall–Kier alpha value is -0.810. The number of aliphatic hydroxyl groups excluding tert-OH is 1. The van der Waals surface area contributed by atoms with Gasteiger partial charge in [-0.05, 0) is 41.8 Å². The SMILES string of the molecule is CCC(CC)C(O)CNC(=O)c1cc(Br)cn1C(C)C. The predicted molar refractivity (Wildman–Crippen MR) is 84.9 cm³/mol. The minimum Gasteiger partial charge on any atom is -0.391 e. The third-order valence-electron chi connectivity index (χ3n) is 3.67. The third kappa shape index (κ3) is 4.35. The van der Waals surface area contributed by atoms with Crippen LogP contribution < -0.4 is 5.32 Å². The van der Waals surface area contributed by atoms with Crippen LogP contribution in [0.2, 0.25) is 0 Å². The van der Waals surface area contributed by atoms with Crippen LogP contribution >= 0.6 is 15.9 Å². The number of nitrogens with zero attached hydrogens (tertiary/aromatic N) is 1. The molecule has 0 saturated carbocycles. The van der Waals surface area contributed by atoms with Crippen molar-refractivity contribution < 1.29 is 9.90 Å². The van der Waals surface area contributed by atoms with E-state index in [4.69, 9.17) is 0 Å². The van der Waals surface area contributed by atoms with E-state index in [0.29, 0.717) is 12.2 Å². The van der Waals surface area contributed by atoms with Crippen LogP contribution in [0, 0.1) is 5.92 Å². The molecule has 0 aliphatic heterocycles. The molecule has 0 aliphatic carbocycles. The zero-order chi connectivity index (χ0) is 15.3. The summed E-state index contributed by atoms with van der Waals surface area (Å²) in [5.41, 5.74) is 0.614. The summed E-state index contributed by atoms with van der Waals surface area (Å²) in [4.78, 5) is 12.2. The number of hydrogen-bond donors (Lipinski definition) is 2. The number of rotatable bonds is 7. The van der Waals surface area contributed by atoms with Gasteiger partial charge in [-0.2, -0.15) is 0 Å². The fourth-order valence-corrected chi connectivity index (χ4v) is 2.78. The number of carbonyl (C=O) groups is 1. The second-order valence-corrected chi connectivity index (χ2v) is 6.31. The lowest BCUT2D eigenvalue weighted by Gasteiger charge is -2.20. The molecule has 4 nitrogen and oxygen atoms in total. The number of halogens is 1. The molecule has 20 heavy (non-hydrogen) atoms. The molecule has 0 bridgehead atoms. The van der Waals surface area contributed by atoms with Crippen LogP contribution in [0.5, 0.6) is 0 Å². The standard InChI is InChI=1S/C15H25BrN2O2/c1-5-11(6-2)14(19)8-17-15(20)13-7-12(16)9-18(13)10(3)4/h7,9-11,14,19H,5-6,8H2,1-4H3,(H,17,20). The summed E-state index contributed by atoms with van der Waals surface area (Å²) in [6.07, 6.45) is 3.25. The van der Waals surface area contributed by atoms with E-state index in [0.717, 1.165) is 17.3 Å². The first-order valence-electron chi connectivity index (χ1n) is 7.24. The number of nitrogens with one attached hydrogen (secondary N) is 1. The molecular weight excluding hydrogens is 320 g/mol. The summed E-state index contributed by atoms with van der Waals surface area (Å²) in [6, 6.07) is 2.02. The van der Waals surface area contributed by atoms with Gasteiger partial charge >= 0.3 is 0 Å². The van der Waals surface area contributed by atoms with Crippen molar-refractivity contribution in [3.63, 3.8) is 0 Å². The molecule has 2 N–H and O–H groups in total. The summed E-state index contributed by atoms with van der Waals surface area (Å²) < 4.78 is 2.81. The summed E-state index contributed by atoms with van der Waals surface area (Å²) >= 11 is 3.40. The zero-order valence-electron chi connectivity index (χ0n) is 12.7. The smallest absolute Gasteiger partial charge is 0.268 e. The fraction of sp³-hybridized carbons (Fsp3) is 0.667. The highest BCUT2D eigenvalue weighted by Crippen LogP contribution is 2.19. The second kappa shape index (κ2) is 7.84. The number of hydrogen-bond acceptors (Lipinski definition) is 2. The summed E-state index contributed by atoms with van der Waals surface area (Å²) in [7, 11) is 0. The monoisotopic (exact) mass is 344 g/mol. The van der Waals surface area contributed by atoms with Gasteiger partial charge in [0.25, 0.3) is 5.91 Å². The first-order valence-corrected chi connectivity index (χ1v) is 8.03. The minimum absolute atomic E-state index is 0.144. The van der Waals surface area contributed by atoms with E-state index in [1.165, 1.54) is 0 Å². The first-order chi connectivity index (χ1) is 9.40. The third-order valence-corrected chi connectivity index (χ3v) is 4.10. The van der Waals surface area contributed by atoms with Crippen LogP contribution in [-0.2, 0) is 0 Å². The molecule has 0 radical (unpaired) electrons. The van der Waals surface area contributed by atoms with E-state index in [-0.39, 0.29) is 17.9 Å². The summed E-state index contributed by atoms with van der Waals surface area (Å²) in [5, 5.41) is 12.9. The van der Waals surface area contributed by atoms with Crippen molar-refractivity contribution >= 4 is 21.8 Å². The van der Waals surface area contributed by atoms with Crippen LogP contribution in [0.15, 0.2) is 16.7 Å². The maximum atomic E-state index is 12.2. The first kappa shape index (κ1) is 17.2. The molecule has 0 spiro atoms. The van der Waals surface area contributed by atoms with Gasteiger partial charge in [0.15, 0.2) is 0 Å². The minimum atomic E-state index is -0.486. The van der Waals surface area contributed by atoms with E-state index in [1.807, 2.05) is 24.6 Å². The highest BCUT2D eigenvalue weighted by Gasteiger charge is 2.19. The van der Waals surface area contributed by atoms with Gasteiger partial charge in [-0.3, -0.25) is 4.79 Å². The molecule has 1 unspecified atom stereocenters. The number of aromatic nitrogens is 1. The molecule has 0 aliphatic rings. The Labute approximate surface area is 129 Å². The summed E-state index contributed by atoms with van der Waals surface area (Å²) in [5.74, 6) is 0.0910. The van der Waals surface area contributed by atoms with Crippen molar-refractivity contribution in [2.45, 2.75) is 52.7 Å². The lowest BCUT2D eigenvalue weighted by atomic mass is 9.96. The van der Waals surface area contributed by atoms with Crippen molar-refractivity contribution in [1.82, 2.24) is 9.88 Å². The van der Waals surface area contributed by atoms with Gasteiger partial charge in [-0.25, -0.2) is 0 Å². The lowest BCUT2D eigenvalue weighted by Crippen LogP contribution is -2.36. The van der Waals surface area contributed by atoms with E-state index in [9.17, 15) is 9.90 Å². The maximum absolute atomic E-state index is 12.2. The van der Waals surface area contributed by atoms with Gasteiger partial charge in [0.1, 0.15) is 5.69 Å². The Morgan fingerprint density at radius 3 is 2.50 bits per heavy atom. The molecule has 5 heteroatoms. The molecule has 1 atom stereocenters. The zero-order valence-corrected chi connectivity index (χ0v) is 14.3. The van der Waals surface area contributed by atoms with Crippen molar-refractivity contribution in [3.05, 3.63) is 22.4 Å². The average Bonchev–Trinajstić information content (AvgIpc) is 2.79. The second-order valence-electron chi connectivity index (χ2n) is 5.40. The predicted octanol–water partition coefficient (Wildman–Crippen LogP) is 3.36. The van der Waals surface area contributed by atoms with Gasteiger partial charge in [-0.15, -0.1) is 0 Å². The van der Waals surface area contributed by atoms with Crippen LogP contribution in [0.25, 0.3) is 0 Å². The normalized spacial score (nSPS) is 13.0. The van der Waals surface area contributed by atoms with E-state index < -0.39 is 6.10 Å². The number of aliphatic hydroxyl groups is 1. The van der Waals surface area contributed by atoms with Crippen molar-refractivity contribution in [2.75, 3.05) is 6.54 Å². The quantitative estimate of drug-likeness (QED) is 0.796. The van der Waals surface area contributed by atoms with Crippen molar-refractivity contribution in [2.24, 2.45) is 5.92 Å². The Kier molecular flexibility index (Phi) is 6.76. The van der Waals surface area contributed by atoms with Gasteiger partial charge in [0.05, 0.1) is 6.10 Å². The molecule has 1 aromatic heterocycles. The van der Waals surface area contributed by atoms with Crippen molar-refractivity contribution in [3.8, 4) is 0 Å². The van der Waals surface area contributed by atoms with E-state index in [1.54, 1.807) is 6.07 Å². The Bertz CT molecular complexity index is 439. The lowest BCUT2D eigenvalue weighted by molar-refractivity contribution is 0.0809. The molecule has 114 valence electrons. The Balaban J connectivity index is 2.68. The van der Waals surface area contributed by atoms with Gasteiger partial charge < -0.3 is 15.0 Å². The van der Waals surface area contributed by atoms with Crippen LogP contribution in [0.4, 0.5) is 0 Å². The van der Waals surface area contributed by atoms with E-state index in [2.05, 4.69) is 35.1 Å². The molecular formula is C15H25BrN2O2. The Morgan fingerprint density at radius 1 is 1.40 bits per heavy atom. The highest BCUT2D eigenvalue weighted by molar-refractivity contribution is 9.10. The molecule has 1 amide bonds. The largest absolute Gasteiger partial charge is 0.391 e. The van der Waals surface area contributed by atoms with Gasteiger partial charge in [0, 0.05) is 23.3 Å². The van der Waals surface area contributed by atoms with Crippen molar-refractivity contribution in [1.29, 1.82) is 0 Å². The highest BCUT2D eigenvalue weighted by atomic mass is 79.9. The summed E-state index contributed by atoms with van der Waals surface area (Å²) in [6.45, 7) is 8.47. The van der Waals surface area contributed by atoms with Crippen LogP contribution in [-0.4, -0.2) is 28.2 Å². The van der Waals surface area contributed by atoms with Crippen LogP contribution in [0.3, 0.4) is 0 Å². The number of amides is 1. The molecule has 0 aromatic carbocycles. The van der Waals surface area contributed by atoms with Gasteiger partial charge in [-0.1, -0.05) is 26.7 Å². The topological polar surface area (TPSA) is 54.3 Å². The molecule has 1 aromatic rings. The molecule has 1 rings (SSSR count). The van der Waals surface area contributed by atoms with Gasteiger partial charge in [0.2, 0.25) is 0 Å². The van der Waals surface area contributed by atoms with E-state index >= 15 is 0 Å². The maximum Gasteiger partial charge on any atom is 0.268 e. The average molecular weight is 345 g/mol. The molecule has 0 fully saturated rings. The molecule has 1 heterocycles. The Morgan fingerprint density at radius 2 is 2.00 bits per heavy atom. The van der Waals surface area contributed by atoms with Crippen LogP contribution in [0.1, 0.15) is 57.1 Å². The number of carbonyl (C=O) groups excluding carboxylic acids is 1.